The van der Waals surface area contributed by atoms with E-state index in [1.807, 2.05) is 0 Å². The van der Waals surface area contributed by atoms with E-state index in [1.165, 1.54) is 0 Å². The zero-order chi connectivity index (χ0) is 68.1. The summed E-state index contributed by atoms with van der Waals surface area (Å²) in [5, 5.41) is 127. The first-order valence-corrected chi connectivity index (χ1v) is 28.5. The van der Waals surface area contributed by atoms with Crippen molar-refractivity contribution in [1.29, 1.82) is 0 Å². The van der Waals surface area contributed by atoms with E-state index in [1.54, 1.807) is 0 Å². The fourth-order valence-electron chi connectivity index (χ4n) is 8.96. The zero-order valence-corrected chi connectivity index (χ0v) is 66.7. The van der Waals surface area contributed by atoms with Crippen molar-refractivity contribution in [2.24, 2.45) is 11.5 Å². The molecule has 1 aliphatic carbocycles. The van der Waals surface area contributed by atoms with Crippen molar-refractivity contribution in [2.45, 2.75) is 113 Å². The van der Waals surface area contributed by atoms with E-state index in [-0.39, 0.29) is 256 Å². The van der Waals surface area contributed by atoms with Crippen LogP contribution in [0.2, 0.25) is 0 Å². The Bertz CT molecular complexity index is 2350. The Balaban J connectivity index is -0.00000337. The number of hydrogen-bond acceptors (Lipinski definition) is 33. The normalized spacial score (nSPS) is 13.0. The van der Waals surface area contributed by atoms with E-state index in [0.717, 1.165) is 29.4 Å². The number of nitrogens with two attached hydrogens (primary N) is 2. The summed E-state index contributed by atoms with van der Waals surface area (Å²) in [7, 11) is 0. The molecule has 44 heteroatoms. The fraction of sp³-hybridized carbons (Fsp3) is 0.712. The molecule has 9 N–H and O–H groups in total. The maximum Gasteiger partial charge on any atom is 3.00 e. The Morgan fingerprint density at radius 3 is 0.958 bits per heavy atom. The molecule has 96 heavy (non-hydrogen) atoms. The molecule has 2 radical (unpaired) electrons. The van der Waals surface area contributed by atoms with Crippen LogP contribution in [0, 0.1) is 79.9 Å². The smallest absolute Gasteiger partial charge is 0.549 e. The molecule has 4 atom stereocenters. The molecule has 1 aliphatic rings. The minimum absolute atomic E-state index is 0. The molecule has 0 saturated heterocycles. The molecule has 0 heterocycles. The van der Waals surface area contributed by atoms with Crippen LogP contribution in [0.3, 0.4) is 0 Å². The van der Waals surface area contributed by atoms with E-state index in [9.17, 15) is 123 Å². The number of nitrogens with zero attached hydrogens (tertiary/aromatic N) is 6. The molecule has 0 bridgehead atoms. The van der Waals surface area contributed by atoms with Crippen molar-refractivity contribution < 1.29 is 321 Å². The van der Waals surface area contributed by atoms with Gasteiger partial charge < -0.3 is 137 Å². The Hall–Kier alpha value is -1.62. The monoisotopic (exact) mass is 1690 g/mol. The molecule has 1 saturated carbocycles. The molecular formula is C52H77Gd2N13Na4O25. The van der Waals surface area contributed by atoms with Gasteiger partial charge in [-0.3, -0.25) is 53.4 Å². The van der Waals surface area contributed by atoms with Gasteiger partial charge in [-0.1, -0.05) is 0 Å². The second kappa shape index (κ2) is 58.8. The van der Waals surface area contributed by atoms with Crippen LogP contribution in [0.1, 0.15) is 83.5 Å². The largest absolute Gasteiger partial charge is 3.00 e. The van der Waals surface area contributed by atoms with Gasteiger partial charge in [0.15, 0.2) is 0 Å². The summed E-state index contributed by atoms with van der Waals surface area (Å²) in [6.45, 7) is -10.7. The van der Waals surface area contributed by atoms with Crippen LogP contribution in [0.5, 0.6) is 0 Å². The van der Waals surface area contributed by atoms with Crippen molar-refractivity contribution in [3.8, 4) is 0 Å². The molecule has 1 rings (SSSR count). The van der Waals surface area contributed by atoms with E-state index >= 15 is 0 Å². The van der Waals surface area contributed by atoms with Crippen molar-refractivity contribution in [1.82, 2.24) is 56.0 Å². The predicted molar refractivity (Wildman–Crippen MR) is 281 cm³/mol. The fourth-order valence-corrected chi connectivity index (χ4v) is 8.96. The molecule has 0 aromatic carbocycles. The number of aliphatic carboxylic acids is 10. The number of unbranched alkanes of at least 4 members (excludes halogenated alkanes) is 2. The minimum atomic E-state index is -1.74. The topological polar surface area (TPSA) is 618 Å². The quantitative estimate of drug-likeness (QED) is 0.0169. The summed E-state index contributed by atoms with van der Waals surface area (Å²) < 4.78 is 0. The van der Waals surface area contributed by atoms with Crippen LogP contribution in [0.15, 0.2) is 0 Å². The molecule has 0 aromatic heterocycles. The maximum absolute atomic E-state index is 13.2. The second-order valence-corrected chi connectivity index (χ2v) is 21.2. The van der Waals surface area contributed by atoms with Gasteiger partial charge in [-0.05, 0) is 64.2 Å². The van der Waals surface area contributed by atoms with E-state index in [2.05, 4.69) is 26.6 Å². The Labute approximate surface area is 706 Å². The summed E-state index contributed by atoms with van der Waals surface area (Å²) in [5.74, 6) is -20.1. The van der Waals surface area contributed by atoms with Gasteiger partial charge in [-0.2, -0.15) is 0 Å². The number of hydrogen-bond donors (Lipinski definition) is 7. The van der Waals surface area contributed by atoms with Gasteiger partial charge in [0.25, 0.3) is 0 Å². The van der Waals surface area contributed by atoms with Crippen molar-refractivity contribution in [3.63, 3.8) is 0 Å². The number of carboxylic acid groups (broad SMARTS) is 10. The van der Waals surface area contributed by atoms with Crippen LogP contribution in [-0.2, 0) is 71.9 Å². The van der Waals surface area contributed by atoms with Gasteiger partial charge in [0.05, 0.1) is 71.4 Å². The first kappa shape index (κ1) is 105. The van der Waals surface area contributed by atoms with Gasteiger partial charge in [0.2, 0.25) is 29.5 Å². The molecule has 520 valence electrons. The average Bonchev–Trinajstić information content (AvgIpc) is 1.68. The van der Waals surface area contributed by atoms with E-state index in [4.69, 9.17) is 11.5 Å². The van der Waals surface area contributed by atoms with Crippen molar-refractivity contribution in [3.05, 3.63) is 0 Å². The van der Waals surface area contributed by atoms with Gasteiger partial charge in [-0.15, -0.1) is 0 Å². The average molecular weight is 1690 g/mol. The molecule has 0 aliphatic heterocycles. The van der Waals surface area contributed by atoms with Crippen LogP contribution >= 0.6 is 0 Å². The standard InChI is InChI=1S/C52H87N13O25.2Gd.4Na/c53-33(5-1-3-14-55-37(66)9-7-35(50(87)88)64(21-17-60(25-40(69)70)26-41(71)72)22-18-61(27-42(73)74)28-43(75)76)48(85)57-16-11-39(68)58-34(49(86)59-52(54)12-13-52)6-2-4-15-56-38(67)10-8-36(51(89)90)65(23-19-62(29-44(77)78)30-45(79)80)24-20-63(31-46(81)82)32-47(83)84;;;;;;/h33-36H,1-32,53-54H2,(H,55,66)(H,56,67)(H,57,85)(H,58,68)(H,59,86)(H,69,70)(H,71,72)(H,73,74)(H,75,76)(H,77,78)(H,79,80)(H,81,82)(H,83,84)(H,87,88)(H,89,90);;;;;;/q;2*+3;4*+1/p-10/t33-,34-,35?,36?;;;;;;/m0....../s1. The third-order valence-corrected chi connectivity index (χ3v) is 13.7. The number of carboxylic acids is 10. The molecular weight excluding hydrogens is 1610 g/mol. The van der Waals surface area contributed by atoms with Crippen LogP contribution in [0.25, 0.3) is 0 Å². The second-order valence-electron chi connectivity index (χ2n) is 21.2. The first-order chi connectivity index (χ1) is 42.2. The number of nitrogens with one attached hydrogen (secondary N) is 5. The molecule has 1 fully saturated rings. The zero-order valence-electron chi connectivity index (χ0n) is 54.2. The van der Waals surface area contributed by atoms with Gasteiger partial charge in [-0.25, -0.2) is 0 Å². The Morgan fingerprint density at radius 2 is 0.677 bits per heavy atom. The summed E-state index contributed by atoms with van der Waals surface area (Å²) in [5.41, 5.74) is 11.1. The summed E-state index contributed by atoms with van der Waals surface area (Å²) in [6, 6.07) is -5.44. The Morgan fingerprint density at radius 1 is 0.375 bits per heavy atom. The molecule has 0 aromatic rings. The SMILES string of the molecule is N[C@@H](CCCCNC(=O)CCC(C(=O)[O-])N(CCN(CC(=O)[O-])CC(=O)[O-])CCN(CC(=O)[O-])CC(=O)[O-])C(=O)NCCC(=O)N[C@@H](CCCCNC(=O)CCC(C(=O)[O-])N(CCN(CC(=O)[O-])CC(=O)[O-])CCN(CC(=O)[O-])CC(=O)[O-])C(=O)NC1(N)CC1.[Gd+3].[Gd+3].[Na+].[Na+].[Na+].[Na+]. The first-order valence-electron chi connectivity index (χ1n) is 28.5. The predicted octanol–water partition coefficient (Wildman–Crippen LogP) is -31.9. The number of carbonyl (C=O) groups is 15. The summed E-state index contributed by atoms with van der Waals surface area (Å²) in [4.78, 5) is 185. The number of carbonyl (C=O) groups excluding carboxylic acids is 15. The van der Waals surface area contributed by atoms with Crippen LogP contribution in [-0.4, -0.2) is 273 Å². The maximum atomic E-state index is 13.2. The third-order valence-electron chi connectivity index (χ3n) is 13.7. The van der Waals surface area contributed by atoms with Crippen molar-refractivity contribution >= 4 is 89.2 Å². The molecule has 38 nitrogen and oxygen atoms in total. The molecule has 5 amide bonds. The molecule has 0 spiro atoms. The minimum Gasteiger partial charge on any atom is -0.549 e. The van der Waals surface area contributed by atoms with Crippen molar-refractivity contribution in [2.75, 3.05) is 124 Å². The number of amides is 5. The summed E-state index contributed by atoms with van der Waals surface area (Å²) >= 11 is 0. The third kappa shape index (κ3) is 53.2. The van der Waals surface area contributed by atoms with Gasteiger partial charge in [0, 0.05) is 156 Å². The van der Waals surface area contributed by atoms with Gasteiger partial charge >= 0.3 is 198 Å². The summed E-state index contributed by atoms with van der Waals surface area (Å²) in [6.07, 6.45) is 0.0356. The van der Waals surface area contributed by atoms with E-state index < -0.39 is 249 Å². The van der Waals surface area contributed by atoms with Gasteiger partial charge in [0.1, 0.15) is 6.04 Å². The van der Waals surface area contributed by atoms with Crippen LogP contribution < -0.4 is 207 Å². The number of rotatable bonds is 55. The van der Waals surface area contributed by atoms with Crippen LogP contribution in [0.4, 0.5) is 0 Å². The van der Waals surface area contributed by atoms with E-state index in [0.29, 0.717) is 19.3 Å². The Kier molecular flexibility index (Phi) is 64.6. The molecule has 2 unspecified atom stereocenters.